The molecule has 0 saturated carbocycles. The summed E-state index contributed by atoms with van der Waals surface area (Å²) >= 11 is 0. The third-order valence-electron chi connectivity index (χ3n) is 5.70. The van der Waals surface area contributed by atoms with E-state index in [0.29, 0.717) is 0 Å². The molecule has 4 nitrogen and oxygen atoms in total. The predicted octanol–water partition coefficient (Wildman–Crippen LogP) is 3.81. The number of nitrogens with one attached hydrogen (secondary N) is 1. The average molecular weight is 373 g/mol. The minimum Gasteiger partial charge on any atom is -0.346 e. The number of aryl methyl sites for hydroxylation is 2. The molecule has 1 N–H and O–H groups in total. The Labute approximate surface area is 162 Å². The highest BCUT2D eigenvalue weighted by Crippen LogP contribution is 2.19. The number of halogens is 1. The molecule has 1 aliphatic rings. The number of hydrogen-bond acceptors (Lipinski definition) is 3. The molecule has 0 spiro atoms. The van der Waals surface area contributed by atoms with Crippen molar-refractivity contribution in [2.75, 3.05) is 33.2 Å². The van der Waals surface area contributed by atoms with Crippen LogP contribution >= 0.6 is 0 Å². The maximum absolute atomic E-state index is 13.0. The van der Waals surface area contributed by atoms with Crippen LogP contribution in [0.25, 0.3) is 0 Å². The zero-order chi connectivity index (χ0) is 19.2. The number of hydrogen-bond donors (Lipinski definition) is 1. The van der Waals surface area contributed by atoms with E-state index < -0.39 is 0 Å². The van der Waals surface area contributed by atoms with E-state index in [9.17, 15) is 4.39 Å². The van der Waals surface area contributed by atoms with Gasteiger partial charge in [-0.15, -0.1) is 0 Å². The largest absolute Gasteiger partial charge is 0.346 e. The van der Waals surface area contributed by atoms with Gasteiger partial charge in [0.15, 0.2) is 0 Å². The van der Waals surface area contributed by atoms with Crippen LogP contribution in [0.1, 0.15) is 42.5 Å². The van der Waals surface area contributed by atoms with Crippen molar-refractivity contribution < 1.29 is 4.39 Å². The van der Waals surface area contributed by atoms with Crippen molar-refractivity contribution in [1.29, 1.82) is 0 Å². The van der Waals surface area contributed by atoms with Gasteiger partial charge in [-0.05, 0) is 69.9 Å². The van der Waals surface area contributed by atoms with Crippen molar-refractivity contribution in [3.8, 4) is 0 Å². The van der Waals surface area contributed by atoms with Crippen LogP contribution in [0.3, 0.4) is 0 Å². The second-order valence-electron chi connectivity index (χ2n) is 7.97. The van der Waals surface area contributed by atoms with Crippen molar-refractivity contribution >= 4 is 0 Å². The third-order valence-corrected chi connectivity index (χ3v) is 5.70. The minimum atomic E-state index is -0.153. The van der Waals surface area contributed by atoms with Gasteiger partial charge in [0.05, 0.1) is 5.69 Å². The standard InChI is InChI=1S/C22H33FN4/c1-4-22-24-17(2)21(25-22)16-26(3)15-19-10-13-27(14-11-19)12-9-18-5-7-20(23)8-6-18/h5-8,19H,4,9-16H2,1-3H3,(H,24,25). The van der Waals surface area contributed by atoms with Gasteiger partial charge in [0, 0.05) is 31.7 Å². The zero-order valence-electron chi connectivity index (χ0n) is 17.0. The summed E-state index contributed by atoms with van der Waals surface area (Å²) in [5, 5.41) is 0. The van der Waals surface area contributed by atoms with E-state index in [1.54, 1.807) is 12.1 Å². The Bertz CT molecular complexity index is 702. The topological polar surface area (TPSA) is 35.2 Å². The lowest BCUT2D eigenvalue weighted by Gasteiger charge is -2.33. The number of H-pyrrole nitrogens is 1. The molecule has 1 fully saturated rings. The normalized spacial score (nSPS) is 16.3. The average Bonchev–Trinajstić information content (AvgIpc) is 3.02. The van der Waals surface area contributed by atoms with Crippen molar-refractivity contribution in [1.82, 2.24) is 19.8 Å². The van der Waals surface area contributed by atoms with Crippen LogP contribution in [0.5, 0.6) is 0 Å². The zero-order valence-corrected chi connectivity index (χ0v) is 17.0. The molecule has 0 amide bonds. The number of benzene rings is 1. The van der Waals surface area contributed by atoms with E-state index in [0.717, 1.165) is 44.2 Å². The van der Waals surface area contributed by atoms with Gasteiger partial charge in [0.1, 0.15) is 11.6 Å². The van der Waals surface area contributed by atoms with E-state index in [1.165, 1.54) is 42.9 Å². The molecule has 2 heterocycles. The summed E-state index contributed by atoms with van der Waals surface area (Å²) < 4.78 is 13.0. The maximum atomic E-state index is 13.0. The molecule has 1 aliphatic heterocycles. The van der Waals surface area contributed by atoms with Crippen LogP contribution in [-0.2, 0) is 19.4 Å². The highest BCUT2D eigenvalue weighted by atomic mass is 19.1. The number of rotatable bonds is 8. The third kappa shape index (κ3) is 5.88. The fraction of sp³-hybridized carbons (Fsp3) is 0.591. The lowest BCUT2D eigenvalue weighted by Crippen LogP contribution is -2.38. The number of aromatic nitrogens is 2. The van der Waals surface area contributed by atoms with Gasteiger partial charge >= 0.3 is 0 Å². The van der Waals surface area contributed by atoms with E-state index in [2.05, 4.69) is 35.7 Å². The van der Waals surface area contributed by atoms with Gasteiger partial charge in [-0.25, -0.2) is 9.37 Å². The fourth-order valence-electron chi connectivity index (χ4n) is 3.98. The summed E-state index contributed by atoms with van der Waals surface area (Å²) in [5.41, 5.74) is 3.61. The Morgan fingerprint density at radius 3 is 2.56 bits per heavy atom. The summed E-state index contributed by atoms with van der Waals surface area (Å²) in [6.45, 7) is 9.72. The van der Waals surface area contributed by atoms with Gasteiger partial charge in [0.25, 0.3) is 0 Å². The molecular weight excluding hydrogens is 339 g/mol. The van der Waals surface area contributed by atoms with Gasteiger partial charge in [0.2, 0.25) is 0 Å². The quantitative estimate of drug-likeness (QED) is 0.765. The number of nitrogens with zero attached hydrogens (tertiary/aromatic N) is 3. The Morgan fingerprint density at radius 2 is 1.93 bits per heavy atom. The Kier molecular flexibility index (Phi) is 7.02. The Balaban J connectivity index is 1.38. The molecule has 3 rings (SSSR count). The lowest BCUT2D eigenvalue weighted by molar-refractivity contribution is 0.153. The second kappa shape index (κ2) is 9.47. The molecule has 148 valence electrons. The lowest BCUT2D eigenvalue weighted by atomic mass is 9.96. The highest BCUT2D eigenvalue weighted by molar-refractivity contribution is 5.16. The van der Waals surface area contributed by atoms with Gasteiger partial charge in [-0.3, -0.25) is 0 Å². The summed E-state index contributed by atoms with van der Waals surface area (Å²) in [4.78, 5) is 13.0. The summed E-state index contributed by atoms with van der Waals surface area (Å²) in [6.07, 6.45) is 4.48. The van der Waals surface area contributed by atoms with Crippen LogP contribution in [0.2, 0.25) is 0 Å². The van der Waals surface area contributed by atoms with Crippen molar-refractivity contribution in [2.45, 2.75) is 46.1 Å². The molecule has 5 heteroatoms. The molecule has 0 aliphatic carbocycles. The highest BCUT2D eigenvalue weighted by Gasteiger charge is 2.21. The molecule has 1 saturated heterocycles. The molecule has 0 radical (unpaired) electrons. The Morgan fingerprint density at radius 1 is 1.22 bits per heavy atom. The van der Waals surface area contributed by atoms with Crippen molar-refractivity contribution in [3.05, 3.63) is 52.9 Å². The number of imidazole rings is 1. The van der Waals surface area contributed by atoms with Crippen LogP contribution in [0.4, 0.5) is 4.39 Å². The van der Waals surface area contributed by atoms with E-state index in [1.807, 2.05) is 12.1 Å². The number of aromatic amines is 1. The molecule has 1 aromatic carbocycles. The maximum Gasteiger partial charge on any atom is 0.123 e. The van der Waals surface area contributed by atoms with E-state index in [-0.39, 0.29) is 5.82 Å². The van der Waals surface area contributed by atoms with E-state index in [4.69, 9.17) is 4.98 Å². The summed E-state index contributed by atoms with van der Waals surface area (Å²) in [5.74, 6) is 1.70. The first-order valence-electron chi connectivity index (χ1n) is 10.2. The summed E-state index contributed by atoms with van der Waals surface area (Å²) in [7, 11) is 2.21. The van der Waals surface area contributed by atoms with Crippen LogP contribution in [0.15, 0.2) is 24.3 Å². The number of piperidine rings is 1. The number of likely N-dealkylation sites (tertiary alicyclic amines) is 1. The molecule has 1 aromatic heterocycles. The molecule has 0 unspecified atom stereocenters. The first-order chi connectivity index (χ1) is 13.0. The molecule has 0 atom stereocenters. The minimum absolute atomic E-state index is 0.153. The van der Waals surface area contributed by atoms with Crippen molar-refractivity contribution in [3.63, 3.8) is 0 Å². The van der Waals surface area contributed by atoms with Gasteiger partial charge < -0.3 is 14.8 Å². The van der Waals surface area contributed by atoms with Crippen LogP contribution < -0.4 is 0 Å². The monoisotopic (exact) mass is 372 g/mol. The molecule has 2 aromatic rings. The first kappa shape index (κ1) is 20.0. The van der Waals surface area contributed by atoms with Gasteiger partial charge in [-0.2, -0.15) is 0 Å². The second-order valence-corrected chi connectivity index (χ2v) is 7.97. The van der Waals surface area contributed by atoms with Gasteiger partial charge in [-0.1, -0.05) is 19.1 Å². The molecule has 0 bridgehead atoms. The summed E-state index contributed by atoms with van der Waals surface area (Å²) in [6, 6.07) is 6.92. The SMILES string of the molecule is CCc1nc(CN(C)CC2CCN(CCc3ccc(F)cc3)CC2)c(C)[nH]1. The first-order valence-corrected chi connectivity index (χ1v) is 10.2. The van der Waals surface area contributed by atoms with Crippen molar-refractivity contribution in [2.24, 2.45) is 5.92 Å². The predicted molar refractivity (Wildman–Crippen MR) is 108 cm³/mol. The van der Waals surface area contributed by atoms with E-state index >= 15 is 0 Å². The van der Waals surface area contributed by atoms with Crippen LogP contribution in [-0.4, -0.2) is 53.0 Å². The smallest absolute Gasteiger partial charge is 0.123 e. The fourth-order valence-corrected chi connectivity index (χ4v) is 3.98. The Hall–Kier alpha value is -1.72. The molecular formula is C22H33FN4. The van der Waals surface area contributed by atoms with Crippen LogP contribution in [0, 0.1) is 18.7 Å². The molecule has 27 heavy (non-hydrogen) atoms.